The number of halogens is 1. The molecule has 0 saturated carbocycles. The van der Waals surface area contributed by atoms with Crippen LogP contribution in [0.25, 0.3) is 11.8 Å². The van der Waals surface area contributed by atoms with Crippen LogP contribution in [0.1, 0.15) is 5.69 Å². The summed E-state index contributed by atoms with van der Waals surface area (Å²) >= 11 is 5.92. The van der Waals surface area contributed by atoms with Gasteiger partial charge in [-0.05, 0) is 42.5 Å². The van der Waals surface area contributed by atoms with Gasteiger partial charge >= 0.3 is 0 Å². The van der Waals surface area contributed by atoms with Crippen LogP contribution < -0.4 is 0 Å². The fourth-order valence-corrected chi connectivity index (χ4v) is 2.70. The van der Waals surface area contributed by atoms with Crippen LogP contribution in [-0.4, -0.2) is 41.7 Å². The first-order valence-corrected chi connectivity index (χ1v) is 7.99. The number of ether oxygens (including phenoxy) is 1. The molecular weight excluding hydrogens is 326 g/mol. The predicted molar refractivity (Wildman–Crippen MR) is 91.8 cm³/mol. The monoisotopic (exact) mass is 341 g/mol. The van der Waals surface area contributed by atoms with Crippen LogP contribution in [0.15, 0.2) is 48.2 Å². The number of nitriles is 1. The van der Waals surface area contributed by atoms with Crippen LogP contribution in [0.2, 0.25) is 5.02 Å². The fourth-order valence-electron chi connectivity index (χ4n) is 2.58. The maximum atomic E-state index is 12.5. The summed E-state index contributed by atoms with van der Waals surface area (Å²) in [7, 11) is 0. The van der Waals surface area contributed by atoms with Crippen LogP contribution in [0.3, 0.4) is 0 Å². The smallest absolute Gasteiger partial charge is 0.264 e. The van der Waals surface area contributed by atoms with Crippen LogP contribution in [0, 0.1) is 11.3 Å². The molecule has 24 heavy (non-hydrogen) atoms. The molecule has 0 aliphatic carbocycles. The molecule has 0 unspecified atom stereocenters. The van der Waals surface area contributed by atoms with Crippen molar-refractivity contribution < 1.29 is 9.53 Å². The summed E-state index contributed by atoms with van der Waals surface area (Å²) < 4.78 is 7.15. The van der Waals surface area contributed by atoms with E-state index in [0.717, 1.165) is 11.4 Å². The molecule has 1 fully saturated rings. The van der Waals surface area contributed by atoms with Gasteiger partial charge in [-0.15, -0.1) is 0 Å². The Morgan fingerprint density at radius 1 is 1.21 bits per heavy atom. The number of amides is 1. The molecular formula is C18H16ClN3O2. The van der Waals surface area contributed by atoms with Crippen molar-refractivity contribution in [3.05, 3.63) is 58.9 Å². The number of hydrogen-bond donors (Lipinski definition) is 0. The molecule has 1 saturated heterocycles. The third-order valence-corrected chi connectivity index (χ3v) is 4.08. The molecule has 1 aromatic heterocycles. The van der Waals surface area contributed by atoms with Gasteiger partial charge in [0.05, 0.1) is 13.2 Å². The quantitative estimate of drug-likeness (QED) is 0.637. The summed E-state index contributed by atoms with van der Waals surface area (Å²) in [6.07, 6.45) is 3.50. The molecule has 1 aliphatic rings. The van der Waals surface area contributed by atoms with Crippen molar-refractivity contribution in [2.45, 2.75) is 0 Å². The van der Waals surface area contributed by atoms with Crippen LogP contribution in [0.5, 0.6) is 0 Å². The molecule has 0 spiro atoms. The summed E-state index contributed by atoms with van der Waals surface area (Å²) in [6, 6.07) is 13.1. The van der Waals surface area contributed by atoms with E-state index in [1.807, 2.05) is 41.1 Å². The first-order valence-electron chi connectivity index (χ1n) is 7.61. The topological polar surface area (TPSA) is 58.3 Å². The van der Waals surface area contributed by atoms with Crippen molar-refractivity contribution in [1.82, 2.24) is 9.47 Å². The van der Waals surface area contributed by atoms with Gasteiger partial charge in [0, 0.05) is 35.7 Å². The Hall–Kier alpha value is -2.55. The molecule has 1 amide bonds. The summed E-state index contributed by atoms with van der Waals surface area (Å²) in [5.41, 5.74) is 1.79. The molecule has 2 heterocycles. The number of hydrogen-bond acceptors (Lipinski definition) is 3. The highest BCUT2D eigenvalue weighted by Crippen LogP contribution is 2.18. The van der Waals surface area contributed by atoms with Gasteiger partial charge in [-0.3, -0.25) is 4.79 Å². The van der Waals surface area contributed by atoms with Gasteiger partial charge in [0.25, 0.3) is 5.91 Å². The number of aromatic nitrogens is 1. The molecule has 1 aliphatic heterocycles. The Bertz CT molecular complexity index is 796. The molecule has 0 atom stereocenters. The van der Waals surface area contributed by atoms with E-state index in [1.165, 1.54) is 0 Å². The Balaban J connectivity index is 1.89. The van der Waals surface area contributed by atoms with Crippen molar-refractivity contribution in [3.63, 3.8) is 0 Å². The number of carbonyl (C=O) groups excluding carboxylic acids is 1. The lowest BCUT2D eigenvalue weighted by atomic mass is 10.2. The first-order chi connectivity index (χ1) is 11.7. The standard InChI is InChI=1S/C18H16ClN3O2/c19-15-3-5-16(6-4-15)22-7-1-2-17(22)12-14(13-20)18(23)21-8-10-24-11-9-21/h1-7,12H,8-11H2/b14-12+. The average molecular weight is 342 g/mol. The van der Waals surface area contributed by atoms with E-state index in [4.69, 9.17) is 16.3 Å². The highest BCUT2D eigenvalue weighted by Gasteiger charge is 2.21. The van der Waals surface area contributed by atoms with Crippen molar-refractivity contribution >= 4 is 23.6 Å². The van der Waals surface area contributed by atoms with Crippen LogP contribution in [-0.2, 0) is 9.53 Å². The molecule has 3 rings (SSSR count). The lowest BCUT2D eigenvalue weighted by Gasteiger charge is -2.26. The Labute approximate surface area is 145 Å². The molecule has 6 heteroatoms. The van der Waals surface area contributed by atoms with Crippen molar-refractivity contribution in [1.29, 1.82) is 5.26 Å². The van der Waals surface area contributed by atoms with E-state index in [2.05, 4.69) is 0 Å². The average Bonchev–Trinajstić information content (AvgIpc) is 3.08. The maximum Gasteiger partial charge on any atom is 0.264 e. The molecule has 2 aromatic rings. The third kappa shape index (κ3) is 3.51. The van der Waals surface area contributed by atoms with E-state index in [-0.39, 0.29) is 11.5 Å². The molecule has 0 radical (unpaired) electrons. The number of benzene rings is 1. The zero-order valence-corrected chi connectivity index (χ0v) is 13.7. The molecule has 5 nitrogen and oxygen atoms in total. The van der Waals surface area contributed by atoms with Gasteiger partial charge in [-0.25, -0.2) is 0 Å². The van der Waals surface area contributed by atoms with Crippen molar-refractivity contribution in [3.8, 4) is 11.8 Å². The van der Waals surface area contributed by atoms with E-state index >= 15 is 0 Å². The zero-order valence-electron chi connectivity index (χ0n) is 13.0. The molecule has 0 bridgehead atoms. The zero-order chi connectivity index (χ0) is 16.9. The SMILES string of the molecule is N#C/C(=C\c1cccn1-c1ccc(Cl)cc1)C(=O)N1CCOCC1. The van der Waals surface area contributed by atoms with E-state index in [9.17, 15) is 10.1 Å². The second kappa shape index (κ2) is 7.35. The predicted octanol–water partition coefficient (Wildman–Crippen LogP) is 2.90. The number of morpholine rings is 1. The minimum Gasteiger partial charge on any atom is -0.378 e. The lowest BCUT2D eigenvalue weighted by Crippen LogP contribution is -2.41. The van der Waals surface area contributed by atoms with Gasteiger partial charge in [0.1, 0.15) is 11.6 Å². The van der Waals surface area contributed by atoms with E-state index in [0.29, 0.717) is 31.3 Å². The van der Waals surface area contributed by atoms with E-state index in [1.54, 1.807) is 23.1 Å². The number of carbonyl (C=O) groups is 1. The normalized spacial score (nSPS) is 15.2. The Morgan fingerprint density at radius 2 is 1.92 bits per heavy atom. The summed E-state index contributed by atoms with van der Waals surface area (Å²) in [5.74, 6) is -0.260. The largest absolute Gasteiger partial charge is 0.378 e. The van der Waals surface area contributed by atoms with Crippen molar-refractivity contribution in [2.24, 2.45) is 0 Å². The highest BCUT2D eigenvalue weighted by atomic mass is 35.5. The van der Waals surface area contributed by atoms with Gasteiger partial charge in [-0.2, -0.15) is 5.26 Å². The Kier molecular flexibility index (Phi) is 4.99. The van der Waals surface area contributed by atoms with Gasteiger partial charge in [0.2, 0.25) is 0 Å². The van der Waals surface area contributed by atoms with Crippen LogP contribution >= 0.6 is 11.6 Å². The Morgan fingerprint density at radius 3 is 2.58 bits per heavy atom. The maximum absolute atomic E-state index is 12.5. The fraction of sp³-hybridized carbons (Fsp3) is 0.222. The summed E-state index contributed by atoms with van der Waals surface area (Å²) in [4.78, 5) is 14.1. The molecule has 0 N–H and O–H groups in total. The van der Waals surface area contributed by atoms with Crippen LogP contribution in [0.4, 0.5) is 0 Å². The molecule has 1 aromatic carbocycles. The third-order valence-electron chi connectivity index (χ3n) is 3.83. The number of nitrogens with zero attached hydrogens (tertiary/aromatic N) is 3. The van der Waals surface area contributed by atoms with Gasteiger partial charge in [0.15, 0.2) is 0 Å². The van der Waals surface area contributed by atoms with E-state index < -0.39 is 0 Å². The second-order valence-electron chi connectivity index (χ2n) is 5.35. The molecule has 122 valence electrons. The first kappa shape index (κ1) is 16.3. The summed E-state index contributed by atoms with van der Waals surface area (Å²) in [6.45, 7) is 2.03. The summed E-state index contributed by atoms with van der Waals surface area (Å²) in [5, 5.41) is 10.1. The lowest BCUT2D eigenvalue weighted by molar-refractivity contribution is -0.130. The highest BCUT2D eigenvalue weighted by molar-refractivity contribution is 6.30. The van der Waals surface area contributed by atoms with Crippen molar-refractivity contribution in [2.75, 3.05) is 26.3 Å². The van der Waals surface area contributed by atoms with Gasteiger partial charge < -0.3 is 14.2 Å². The second-order valence-corrected chi connectivity index (χ2v) is 5.79. The van der Waals surface area contributed by atoms with Gasteiger partial charge in [-0.1, -0.05) is 11.6 Å². The minimum atomic E-state index is -0.260. The number of rotatable bonds is 3. The minimum absolute atomic E-state index is 0.116.